The molecule has 0 aliphatic heterocycles. The molecule has 1 aromatic heterocycles. The number of hydrazone groups is 1. The van der Waals surface area contributed by atoms with Gasteiger partial charge in [0, 0.05) is 11.6 Å². The van der Waals surface area contributed by atoms with Crippen LogP contribution in [0.15, 0.2) is 52.7 Å². The van der Waals surface area contributed by atoms with Crippen LogP contribution in [0.1, 0.15) is 12.5 Å². The van der Waals surface area contributed by atoms with Crippen LogP contribution in [0.5, 0.6) is 11.5 Å². The highest BCUT2D eigenvalue weighted by Crippen LogP contribution is 2.23. The number of phenols is 2. The van der Waals surface area contributed by atoms with E-state index in [4.69, 9.17) is 0 Å². The maximum Gasteiger partial charge on any atom is 0.253 e. The maximum atomic E-state index is 12.1. The van der Waals surface area contributed by atoms with Gasteiger partial charge in [-0.3, -0.25) is 4.79 Å². The van der Waals surface area contributed by atoms with Crippen molar-refractivity contribution in [2.24, 2.45) is 5.10 Å². The Labute approximate surface area is 147 Å². The van der Waals surface area contributed by atoms with Crippen LogP contribution in [0.4, 0.5) is 0 Å². The molecule has 0 aliphatic rings. The third kappa shape index (κ3) is 4.10. The SMILES string of the molecule is C[C@H](Sc1nc2ccccc2[nH]1)C(=O)N/N=C\c1ccc(O)cc1O. The molecule has 0 spiro atoms. The molecule has 1 atom stereocenters. The lowest BCUT2D eigenvalue weighted by Gasteiger charge is -2.07. The van der Waals surface area contributed by atoms with Gasteiger partial charge < -0.3 is 15.2 Å². The minimum atomic E-state index is -0.411. The number of rotatable bonds is 5. The number of fused-ring (bicyclic) bond motifs is 1. The second-order valence-corrected chi connectivity index (χ2v) is 6.63. The summed E-state index contributed by atoms with van der Waals surface area (Å²) in [4.78, 5) is 19.7. The standard InChI is InChI=1S/C17H16N4O3S/c1-10(25-17-19-13-4-2-3-5-14(13)20-17)16(24)21-18-9-11-6-7-12(22)8-15(11)23/h2-10,22-23H,1H3,(H,19,20)(H,21,24)/b18-9-/t10-/m0/s1. The molecule has 0 bridgehead atoms. The van der Waals surface area contributed by atoms with Gasteiger partial charge in [0.1, 0.15) is 11.5 Å². The summed E-state index contributed by atoms with van der Waals surface area (Å²) in [5.74, 6) is -0.461. The van der Waals surface area contributed by atoms with Crippen molar-refractivity contribution in [1.29, 1.82) is 0 Å². The molecular weight excluding hydrogens is 340 g/mol. The molecule has 7 nitrogen and oxygen atoms in total. The summed E-state index contributed by atoms with van der Waals surface area (Å²) < 4.78 is 0. The number of imidazole rings is 1. The van der Waals surface area contributed by atoms with Crippen molar-refractivity contribution < 1.29 is 15.0 Å². The first-order chi connectivity index (χ1) is 12.0. The number of benzene rings is 2. The van der Waals surface area contributed by atoms with Gasteiger partial charge in [-0.1, -0.05) is 23.9 Å². The van der Waals surface area contributed by atoms with Gasteiger partial charge in [-0.2, -0.15) is 5.10 Å². The number of carbonyl (C=O) groups is 1. The number of hydrogen-bond acceptors (Lipinski definition) is 6. The van der Waals surface area contributed by atoms with Gasteiger partial charge in [-0.15, -0.1) is 0 Å². The van der Waals surface area contributed by atoms with Crippen molar-refractivity contribution in [2.75, 3.05) is 0 Å². The number of nitrogens with zero attached hydrogens (tertiary/aromatic N) is 2. The number of nitrogens with one attached hydrogen (secondary N) is 2. The van der Waals surface area contributed by atoms with Gasteiger partial charge >= 0.3 is 0 Å². The topological polar surface area (TPSA) is 111 Å². The van der Waals surface area contributed by atoms with E-state index in [9.17, 15) is 15.0 Å². The zero-order valence-electron chi connectivity index (χ0n) is 13.3. The maximum absolute atomic E-state index is 12.1. The summed E-state index contributed by atoms with van der Waals surface area (Å²) in [5.41, 5.74) is 4.57. The first-order valence-electron chi connectivity index (χ1n) is 7.49. The number of thioether (sulfide) groups is 1. The molecule has 1 amide bonds. The first kappa shape index (κ1) is 16.8. The van der Waals surface area contributed by atoms with Crippen molar-refractivity contribution >= 4 is 34.9 Å². The Morgan fingerprint density at radius 1 is 1.32 bits per heavy atom. The number of H-pyrrole nitrogens is 1. The van der Waals surface area contributed by atoms with E-state index < -0.39 is 5.25 Å². The van der Waals surface area contributed by atoms with Crippen LogP contribution in [-0.2, 0) is 4.79 Å². The van der Waals surface area contributed by atoms with E-state index >= 15 is 0 Å². The number of aromatic amines is 1. The first-order valence-corrected chi connectivity index (χ1v) is 8.37. The number of aromatic hydroxyl groups is 2. The highest BCUT2D eigenvalue weighted by molar-refractivity contribution is 8.00. The number of phenolic OH excluding ortho intramolecular Hbond substituents is 2. The number of para-hydroxylation sites is 2. The van der Waals surface area contributed by atoms with Gasteiger partial charge in [0.25, 0.3) is 5.91 Å². The fraction of sp³-hybridized carbons (Fsp3) is 0.118. The molecule has 25 heavy (non-hydrogen) atoms. The van der Waals surface area contributed by atoms with E-state index in [1.54, 1.807) is 6.92 Å². The molecule has 4 N–H and O–H groups in total. The Morgan fingerprint density at radius 2 is 2.12 bits per heavy atom. The summed E-state index contributed by atoms with van der Waals surface area (Å²) in [5, 5.41) is 23.0. The molecule has 0 unspecified atom stereocenters. The molecule has 0 saturated heterocycles. The molecule has 3 aromatic rings. The lowest BCUT2D eigenvalue weighted by atomic mass is 10.2. The normalized spacial score (nSPS) is 12.5. The van der Waals surface area contributed by atoms with Gasteiger partial charge in [0.05, 0.1) is 22.5 Å². The largest absolute Gasteiger partial charge is 0.508 e. The van der Waals surface area contributed by atoms with Crippen molar-refractivity contribution in [2.45, 2.75) is 17.3 Å². The van der Waals surface area contributed by atoms with E-state index in [2.05, 4.69) is 20.5 Å². The molecular formula is C17H16N4O3S. The van der Waals surface area contributed by atoms with Crippen LogP contribution < -0.4 is 5.43 Å². The van der Waals surface area contributed by atoms with E-state index in [0.717, 1.165) is 11.0 Å². The highest BCUT2D eigenvalue weighted by Gasteiger charge is 2.16. The Morgan fingerprint density at radius 3 is 2.88 bits per heavy atom. The third-order valence-corrected chi connectivity index (χ3v) is 4.40. The molecule has 128 valence electrons. The van der Waals surface area contributed by atoms with Crippen molar-refractivity contribution in [3.05, 3.63) is 48.0 Å². The Balaban J connectivity index is 1.59. The summed E-state index contributed by atoms with van der Waals surface area (Å²) in [6, 6.07) is 11.7. The van der Waals surface area contributed by atoms with Crippen LogP contribution in [-0.4, -0.2) is 37.6 Å². The molecule has 0 saturated carbocycles. The summed E-state index contributed by atoms with van der Waals surface area (Å²) in [6.07, 6.45) is 1.31. The molecule has 2 aromatic carbocycles. The molecule has 0 fully saturated rings. The van der Waals surface area contributed by atoms with E-state index in [1.807, 2.05) is 24.3 Å². The van der Waals surface area contributed by atoms with Crippen molar-refractivity contribution in [3.8, 4) is 11.5 Å². The monoisotopic (exact) mass is 356 g/mol. The van der Waals surface area contributed by atoms with Crippen LogP contribution in [0.3, 0.4) is 0 Å². The molecule has 3 rings (SSSR count). The summed E-state index contributed by atoms with van der Waals surface area (Å²) in [6.45, 7) is 1.75. The highest BCUT2D eigenvalue weighted by atomic mass is 32.2. The summed E-state index contributed by atoms with van der Waals surface area (Å²) in [7, 11) is 0. The average molecular weight is 356 g/mol. The van der Waals surface area contributed by atoms with Crippen LogP contribution in [0, 0.1) is 0 Å². The zero-order chi connectivity index (χ0) is 17.8. The van der Waals surface area contributed by atoms with Gasteiger partial charge in [0.15, 0.2) is 5.16 Å². The predicted molar refractivity (Wildman–Crippen MR) is 96.9 cm³/mol. The second kappa shape index (κ2) is 7.27. The lowest BCUT2D eigenvalue weighted by molar-refractivity contribution is -0.120. The Bertz CT molecular complexity index is 906. The summed E-state index contributed by atoms with van der Waals surface area (Å²) >= 11 is 1.29. The van der Waals surface area contributed by atoms with Crippen molar-refractivity contribution in [1.82, 2.24) is 15.4 Å². The number of aromatic nitrogens is 2. The Hall–Kier alpha value is -3.00. The molecule has 0 radical (unpaired) electrons. The molecule has 8 heteroatoms. The number of amides is 1. The Kier molecular flexibility index (Phi) is 4.90. The van der Waals surface area contributed by atoms with E-state index in [1.165, 1.54) is 36.2 Å². The van der Waals surface area contributed by atoms with Gasteiger partial charge in [-0.05, 0) is 31.2 Å². The second-order valence-electron chi connectivity index (χ2n) is 5.30. The van der Waals surface area contributed by atoms with E-state index in [0.29, 0.717) is 10.7 Å². The smallest absolute Gasteiger partial charge is 0.253 e. The van der Waals surface area contributed by atoms with Gasteiger partial charge in [0.2, 0.25) is 0 Å². The number of carbonyl (C=O) groups excluding carboxylic acids is 1. The average Bonchev–Trinajstić information content (AvgIpc) is 2.98. The minimum Gasteiger partial charge on any atom is -0.508 e. The number of hydrogen-bond donors (Lipinski definition) is 4. The fourth-order valence-electron chi connectivity index (χ4n) is 2.10. The third-order valence-electron chi connectivity index (χ3n) is 3.42. The quantitative estimate of drug-likeness (QED) is 0.319. The molecule has 1 heterocycles. The molecule has 0 aliphatic carbocycles. The lowest BCUT2D eigenvalue weighted by Crippen LogP contribution is -2.26. The predicted octanol–water partition coefficient (Wildman–Crippen LogP) is 2.60. The van der Waals surface area contributed by atoms with Crippen LogP contribution in [0.25, 0.3) is 11.0 Å². The van der Waals surface area contributed by atoms with E-state index in [-0.39, 0.29) is 17.4 Å². The van der Waals surface area contributed by atoms with Crippen LogP contribution >= 0.6 is 11.8 Å². The van der Waals surface area contributed by atoms with Gasteiger partial charge in [-0.25, -0.2) is 10.4 Å². The van der Waals surface area contributed by atoms with Crippen molar-refractivity contribution in [3.63, 3.8) is 0 Å². The minimum absolute atomic E-state index is 0.0467. The zero-order valence-corrected chi connectivity index (χ0v) is 14.1. The van der Waals surface area contributed by atoms with Crippen LogP contribution in [0.2, 0.25) is 0 Å². The fourth-order valence-corrected chi connectivity index (χ4v) is 2.92.